The number of aryl methyl sites for hydroxylation is 1. The number of rotatable bonds is 5. The van der Waals surface area contributed by atoms with Gasteiger partial charge in [0.15, 0.2) is 5.11 Å². The maximum atomic E-state index is 13.8. The highest BCUT2D eigenvalue weighted by Gasteiger charge is 2.09. The van der Waals surface area contributed by atoms with Crippen LogP contribution in [0.2, 0.25) is 0 Å². The molecule has 2 aromatic carbocycles. The first kappa shape index (κ1) is 17.7. The van der Waals surface area contributed by atoms with Crippen LogP contribution in [0.3, 0.4) is 0 Å². The summed E-state index contributed by atoms with van der Waals surface area (Å²) in [6, 6.07) is 12.6. The molecule has 0 fully saturated rings. The van der Waals surface area contributed by atoms with E-state index >= 15 is 0 Å². The fraction of sp³-hybridized carbons (Fsp3) is 0.235. The summed E-state index contributed by atoms with van der Waals surface area (Å²) in [5.41, 5.74) is 1.41. The number of hydrogen-bond acceptors (Lipinski definition) is 2. The number of anilines is 1. The van der Waals surface area contributed by atoms with Crippen molar-refractivity contribution in [2.24, 2.45) is 0 Å². The first-order valence-corrected chi connectivity index (χ1v) is 8.37. The van der Waals surface area contributed by atoms with Gasteiger partial charge in [0.2, 0.25) is 0 Å². The molecular formula is C17H18BrFN2OS. The van der Waals surface area contributed by atoms with Gasteiger partial charge in [-0.15, -0.1) is 0 Å². The van der Waals surface area contributed by atoms with Crippen molar-refractivity contribution in [2.45, 2.75) is 19.9 Å². The summed E-state index contributed by atoms with van der Waals surface area (Å²) >= 11 is 8.42. The molecule has 0 aromatic heterocycles. The summed E-state index contributed by atoms with van der Waals surface area (Å²) < 4.78 is 20.2. The van der Waals surface area contributed by atoms with Crippen LogP contribution in [0.4, 0.5) is 10.1 Å². The molecule has 2 aromatic rings. The molecule has 6 heteroatoms. The van der Waals surface area contributed by atoms with E-state index in [4.69, 9.17) is 17.0 Å². The van der Waals surface area contributed by atoms with E-state index in [1.54, 1.807) is 12.1 Å². The molecular weight excluding hydrogens is 379 g/mol. The molecule has 0 spiro atoms. The van der Waals surface area contributed by atoms with Gasteiger partial charge in [-0.1, -0.05) is 34.1 Å². The molecule has 0 heterocycles. The Hall–Kier alpha value is -1.66. The van der Waals surface area contributed by atoms with Crippen LogP contribution in [0.15, 0.2) is 46.9 Å². The van der Waals surface area contributed by atoms with E-state index in [0.29, 0.717) is 21.9 Å². The van der Waals surface area contributed by atoms with Crippen LogP contribution in [-0.4, -0.2) is 17.8 Å². The van der Waals surface area contributed by atoms with Crippen molar-refractivity contribution in [3.63, 3.8) is 0 Å². The summed E-state index contributed by atoms with van der Waals surface area (Å²) in [7, 11) is 0. The van der Waals surface area contributed by atoms with Crippen molar-refractivity contribution in [3.05, 3.63) is 58.3 Å². The monoisotopic (exact) mass is 396 g/mol. The van der Waals surface area contributed by atoms with Gasteiger partial charge in [-0.25, -0.2) is 4.39 Å². The Morgan fingerprint density at radius 2 is 2.04 bits per heavy atom. The zero-order chi connectivity index (χ0) is 16.8. The quantitative estimate of drug-likeness (QED) is 0.720. The van der Waals surface area contributed by atoms with Crippen LogP contribution in [0, 0.1) is 12.7 Å². The van der Waals surface area contributed by atoms with Gasteiger partial charge in [-0.2, -0.15) is 0 Å². The highest BCUT2D eigenvalue weighted by molar-refractivity contribution is 9.10. The Morgan fingerprint density at radius 3 is 2.74 bits per heavy atom. The van der Waals surface area contributed by atoms with Crippen LogP contribution in [-0.2, 0) is 0 Å². The van der Waals surface area contributed by atoms with E-state index in [0.717, 1.165) is 11.3 Å². The first-order chi connectivity index (χ1) is 11.0. The fourth-order valence-electron chi connectivity index (χ4n) is 1.95. The third-order valence-electron chi connectivity index (χ3n) is 3.14. The van der Waals surface area contributed by atoms with Crippen molar-refractivity contribution >= 4 is 38.9 Å². The van der Waals surface area contributed by atoms with E-state index in [1.165, 1.54) is 6.07 Å². The number of hydrogen-bond donors (Lipinski definition) is 2. The number of ether oxygens (including phenoxy) is 1. The summed E-state index contributed by atoms with van der Waals surface area (Å²) in [6.07, 6.45) is 0. The lowest BCUT2D eigenvalue weighted by Crippen LogP contribution is -2.39. The molecule has 0 saturated heterocycles. The van der Waals surface area contributed by atoms with Crippen molar-refractivity contribution < 1.29 is 9.13 Å². The van der Waals surface area contributed by atoms with Crippen molar-refractivity contribution in [3.8, 4) is 5.75 Å². The largest absolute Gasteiger partial charge is 0.491 e. The van der Waals surface area contributed by atoms with Gasteiger partial charge in [0, 0.05) is 4.47 Å². The Labute approximate surface area is 149 Å². The predicted octanol–water partition coefficient (Wildman–Crippen LogP) is 4.65. The standard InChI is InChI=1S/C17H18BrFN2OS/c1-11-5-3-4-6-16(11)22-10-12(2)20-17(23)21-15-8-7-13(18)9-14(15)19/h3-9,12H,10H2,1-2H3,(H2,20,21,23)/t12-/m0/s1. The summed E-state index contributed by atoms with van der Waals surface area (Å²) in [4.78, 5) is 0. The fourth-order valence-corrected chi connectivity index (χ4v) is 2.59. The van der Waals surface area contributed by atoms with Gasteiger partial charge in [-0.05, 0) is 55.9 Å². The molecule has 0 saturated carbocycles. The molecule has 0 unspecified atom stereocenters. The van der Waals surface area contributed by atoms with Crippen molar-refractivity contribution in [2.75, 3.05) is 11.9 Å². The minimum absolute atomic E-state index is 0.0203. The lowest BCUT2D eigenvalue weighted by atomic mass is 10.2. The molecule has 0 aliphatic rings. The van der Waals surface area contributed by atoms with Crippen LogP contribution >= 0.6 is 28.1 Å². The molecule has 0 aliphatic heterocycles. The molecule has 0 amide bonds. The van der Waals surface area contributed by atoms with Gasteiger partial charge in [0.1, 0.15) is 18.2 Å². The highest BCUT2D eigenvalue weighted by atomic mass is 79.9. The van der Waals surface area contributed by atoms with Gasteiger partial charge < -0.3 is 15.4 Å². The average molecular weight is 397 g/mol. The van der Waals surface area contributed by atoms with Gasteiger partial charge in [-0.3, -0.25) is 0 Å². The summed E-state index contributed by atoms with van der Waals surface area (Å²) in [5, 5.41) is 6.28. The molecule has 2 rings (SSSR count). The number of halogens is 2. The van der Waals surface area contributed by atoms with E-state index in [9.17, 15) is 4.39 Å². The highest BCUT2D eigenvalue weighted by Crippen LogP contribution is 2.19. The molecule has 1 atom stereocenters. The zero-order valence-corrected chi connectivity index (χ0v) is 15.3. The van der Waals surface area contributed by atoms with Crippen LogP contribution in [0.1, 0.15) is 12.5 Å². The van der Waals surface area contributed by atoms with E-state index in [-0.39, 0.29) is 11.9 Å². The second-order valence-corrected chi connectivity index (χ2v) is 6.52. The Morgan fingerprint density at radius 1 is 1.30 bits per heavy atom. The zero-order valence-electron chi connectivity index (χ0n) is 12.9. The number of benzene rings is 2. The molecule has 0 aliphatic carbocycles. The number of thiocarbonyl (C=S) groups is 1. The molecule has 122 valence electrons. The minimum atomic E-state index is -0.368. The molecule has 0 radical (unpaired) electrons. The minimum Gasteiger partial charge on any atom is -0.491 e. The Kier molecular flexibility index (Phi) is 6.36. The first-order valence-electron chi connectivity index (χ1n) is 7.16. The normalized spacial score (nSPS) is 11.7. The van der Waals surface area contributed by atoms with E-state index < -0.39 is 0 Å². The van der Waals surface area contributed by atoms with Crippen molar-refractivity contribution in [1.29, 1.82) is 0 Å². The molecule has 0 bridgehead atoms. The van der Waals surface area contributed by atoms with Gasteiger partial charge in [0.25, 0.3) is 0 Å². The van der Waals surface area contributed by atoms with Crippen LogP contribution in [0.25, 0.3) is 0 Å². The summed E-state index contributed by atoms with van der Waals surface area (Å²) in [5.74, 6) is 0.478. The SMILES string of the molecule is Cc1ccccc1OC[C@H](C)NC(=S)Nc1ccc(Br)cc1F. The molecule has 23 heavy (non-hydrogen) atoms. The molecule has 3 nitrogen and oxygen atoms in total. The van der Waals surface area contributed by atoms with Crippen LogP contribution in [0.5, 0.6) is 5.75 Å². The molecule has 2 N–H and O–H groups in total. The maximum absolute atomic E-state index is 13.8. The third kappa shape index (κ3) is 5.48. The second kappa shape index (κ2) is 8.26. The lowest BCUT2D eigenvalue weighted by Gasteiger charge is -2.18. The van der Waals surface area contributed by atoms with E-state index in [1.807, 2.05) is 38.1 Å². The topological polar surface area (TPSA) is 33.3 Å². The maximum Gasteiger partial charge on any atom is 0.171 e. The number of nitrogens with one attached hydrogen (secondary N) is 2. The second-order valence-electron chi connectivity index (χ2n) is 5.20. The van der Waals surface area contributed by atoms with Crippen molar-refractivity contribution in [1.82, 2.24) is 5.32 Å². The van der Waals surface area contributed by atoms with E-state index in [2.05, 4.69) is 26.6 Å². The Balaban J connectivity index is 1.84. The number of para-hydroxylation sites is 1. The predicted molar refractivity (Wildman–Crippen MR) is 99.6 cm³/mol. The lowest BCUT2D eigenvalue weighted by molar-refractivity contribution is 0.285. The average Bonchev–Trinajstić information content (AvgIpc) is 2.49. The third-order valence-corrected chi connectivity index (χ3v) is 3.85. The van der Waals surface area contributed by atoms with Gasteiger partial charge in [0.05, 0.1) is 11.7 Å². The summed E-state index contributed by atoms with van der Waals surface area (Å²) in [6.45, 7) is 4.40. The van der Waals surface area contributed by atoms with Crippen LogP contribution < -0.4 is 15.4 Å². The Bertz CT molecular complexity index is 696. The smallest absolute Gasteiger partial charge is 0.171 e. The van der Waals surface area contributed by atoms with Gasteiger partial charge >= 0.3 is 0 Å².